The molecule has 2 N–H and O–H groups in total. The summed E-state index contributed by atoms with van der Waals surface area (Å²) in [7, 11) is 0. The van der Waals surface area contributed by atoms with Gasteiger partial charge in [0.15, 0.2) is 0 Å². The molecule has 0 fully saturated rings. The Hall–Kier alpha value is -1.20. The number of aromatic nitrogens is 2. The van der Waals surface area contributed by atoms with Gasteiger partial charge < -0.3 is 4.84 Å². The number of nitrogens with zero attached hydrogens (tertiary/aromatic N) is 2. The zero-order valence-corrected chi connectivity index (χ0v) is 6.86. The molecule has 0 spiro atoms. The van der Waals surface area contributed by atoms with Gasteiger partial charge in [0.25, 0.3) is 5.56 Å². The largest absolute Gasteiger partial charge is 0.303 e. The van der Waals surface area contributed by atoms with Crippen LogP contribution in [0.3, 0.4) is 0 Å². The van der Waals surface area contributed by atoms with Crippen molar-refractivity contribution in [3.05, 3.63) is 28.2 Å². The smallest absolute Gasteiger partial charge is 0.266 e. The van der Waals surface area contributed by atoms with Crippen LogP contribution in [-0.4, -0.2) is 16.4 Å². The van der Waals surface area contributed by atoms with Crippen molar-refractivity contribution in [3.63, 3.8) is 0 Å². The molecule has 0 bridgehead atoms. The Labute approximate surface area is 69.7 Å². The van der Waals surface area contributed by atoms with Crippen LogP contribution in [0.1, 0.15) is 5.69 Å². The Kier molecular flexibility index (Phi) is 2.95. The zero-order valence-electron chi connectivity index (χ0n) is 6.86. The Balaban J connectivity index is 2.83. The first kappa shape index (κ1) is 8.89. The summed E-state index contributed by atoms with van der Waals surface area (Å²) in [5.41, 5.74) is 0.657. The van der Waals surface area contributed by atoms with E-state index in [0.29, 0.717) is 6.54 Å². The molecule has 0 saturated heterocycles. The maximum absolute atomic E-state index is 11.1. The van der Waals surface area contributed by atoms with Crippen molar-refractivity contribution in [2.24, 2.45) is 5.90 Å². The molecule has 1 aromatic rings. The molecule has 66 valence electrons. The number of nitrogens with two attached hydrogens (primary N) is 1. The fourth-order valence-corrected chi connectivity index (χ4v) is 0.850. The van der Waals surface area contributed by atoms with E-state index in [-0.39, 0.29) is 12.2 Å². The number of hydrogen-bond donors (Lipinski definition) is 1. The zero-order chi connectivity index (χ0) is 8.97. The van der Waals surface area contributed by atoms with E-state index in [2.05, 4.69) is 9.94 Å². The lowest BCUT2D eigenvalue weighted by Gasteiger charge is -2.02. The predicted octanol–water partition coefficient (Wildman–Crippen LogP) is -0.558. The Morgan fingerprint density at radius 3 is 3.08 bits per heavy atom. The first-order valence-corrected chi connectivity index (χ1v) is 3.60. The second-order valence-corrected chi connectivity index (χ2v) is 2.41. The van der Waals surface area contributed by atoms with E-state index < -0.39 is 0 Å². The quantitative estimate of drug-likeness (QED) is 0.616. The lowest BCUT2D eigenvalue weighted by Crippen LogP contribution is -2.25. The van der Waals surface area contributed by atoms with Gasteiger partial charge in [-0.15, -0.1) is 0 Å². The Morgan fingerprint density at radius 2 is 2.42 bits per heavy atom. The number of rotatable bonds is 3. The monoisotopic (exact) mass is 169 g/mol. The molecule has 0 aromatic carbocycles. The van der Waals surface area contributed by atoms with E-state index in [4.69, 9.17) is 5.90 Å². The summed E-state index contributed by atoms with van der Waals surface area (Å²) in [6.07, 6.45) is 0. The van der Waals surface area contributed by atoms with Crippen LogP contribution in [0.5, 0.6) is 0 Å². The average molecular weight is 169 g/mol. The van der Waals surface area contributed by atoms with Crippen LogP contribution in [0.4, 0.5) is 0 Å². The predicted molar refractivity (Wildman–Crippen MR) is 43.4 cm³/mol. The Bertz CT molecular complexity index is 308. The maximum Gasteiger partial charge on any atom is 0.266 e. The fourth-order valence-electron chi connectivity index (χ4n) is 0.850. The molecule has 0 atom stereocenters. The SMILES string of the molecule is Cc1ccc(=O)n(CCON)n1. The molecule has 0 radical (unpaired) electrons. The van der Waals surface area contributed by atoms with Crippen molar-refractivity contribution in [2.75, 3.05) is 6.61 Å². The third-order valence-corrected chi connectivity index (χ3v) is 1.42. The van der Waals surface area contributed by atoms with Gasteiger partial charge in [-0.25, -0.2) is 10.6 Å². The molecule has 0 unspecified atom stereocenters. The topological polar surface area (TPSA) is 70.1 Å². The summed E-state index contributed by atoms with van der Waals surface area (Å²) in [5, 5.41) is 3.98. The highest BCUT2D eigenvalue weighted by atomic mass is 16.6. The van der Waals surface area contributed by atoms with Gasteiger partial charge in [0.2, 0.25) is 0 Å². The van der Waals surface area contributed by atoms with Crippen molar-refractivity contribution in [1.29, 1.82) is 0 Å². The number of aryl methyl sites for hydroxylation is 1. The molecule has 5 heteroatoms. The molecular weight excluding hydrogens is 158 g/mol. The van der Waals surface area contributed by atoms with Crippen LogP contribution in [0.15, 0.2) is 16.9 Å². The third kappa shape index (κ3) is 2.14. The van der Waals surface area contributed by atoms with Gasteiger partial charge in [-0.3, -0.25) is 4.79 Å². The van der Waals surface area contributed by atoms with Crippen LogP contribution in [0.2, 0.25) is 0 Å². The Morgan fingerprint density at radius 1 is 1.67 bits per heavy atom. The molecule has 0 aliphatic heterocycles. The summed E-state index contributed by atoms with van der Waals surface area (Å²) >= 11 is 0. The highest BCUT2D eigenvalue weighted by Crippen LogP contribution is 1.85. The van der Waals surface area contributed by atoms with Gasteiger partial charge in [0.05, 0.1) is 18.8 Å². The summed E-state index contributed by atoms with van der Waals surface area (Å²) < 4.78 is 1.32. The molecular formula is C7H11N3O2. The van der Waals surface area contributed by atoms with Crippen molar-refractivity contribution in [2.45, 2.75) is 13.5 Å². The molecule has 5 nitrogen and oxygen atoms in total. The van der Waals surface area contributed by atoms with Crippen LogP contribution >= 0.6 is 0 Å². The molecule has 1 rings (SSSR count). The van der Waals surface area contributed by atoms with Gasteiger partial charge >= 0.3 is 0 Å². The van der Waals surface area contributed by atoms with Gasteiger partial charge in [-0.2, -0.15) is 5.10 Å². The molecule has 0 aliphatic rings. The molecule has 0 saturated carbocycles. The van der Waals surface area contributed by atoms with Gasteiger partial charge in [0.1, 0.15) is 0 Å². The van der Waals surface area contributed by atoms with E-state index in [1.165, 1.54) is 10.7 Å². The minimum atomic E-state index is -0.141. The normalized spacial score (nSPS) is 10.2. The lowest BCUT2D eigenvalue weighted by atomic mass is 10.4. The second-order valence-electron chi connectivity index (χ2n) is 2.41. The van der Waals surface area contributed by atoms with Gasteiger partial charge in [-0.1, -0.05) is 0 Å². The van der Waals surface area contributed by atoms with Crippen LogP contribution < -0.4 is 11.5 Å². The first-order chi connectivity index (χ1) is 5.74. The molecule has 12 heavy (non-hydrogen) atoms. The molecule has 1 aromatic heterocycles. The first-order valence-electron chi connectivity index (χ1n) is 3.60. The molecule has 0 aliphatic carbocycles. The van der Waals surface area contributed by atoms with E-state index in [0.717, 1.165) is 5.69 Å². The second kappa shape index (κ2) is 3.99. The summed E-state index contributed by atoms with van der Waals surface area (Å²) in [6.45, 7) is 2.49. The van der Waals surface area contributed by atoms with Crippen molar-refractivity contribution in [1.82, 2.24) is 9.78 Å². The van der Waals surface area contributed by atoms with Gasteiger partial charge in [-0.05, 0) is 13.0 Å². The van der Waals surface area contributed by atoms with Crippen molar-refractivity contribution < 1.29 is 4.84 Å². The summed E-state index contributed by atoms with van der Waals surface area (Å²) in [4.78, 5) is 15.4. The molecule has 1 heterocycles. The standard InChI is InChI=1S/C7H11N3O2/c1-6-2-3-7(11)10(9-6)4-5-12-8/h2-3H,4-5,8H2,1H3. The maximum atomic E-state index is 11.1. The minimum absolute atomic E-state index is 0.141. The fraction of sp³-hybridized carbons (Fsp3) is 0.429. The van der Waals surface area contributed by atoms with Crippen LogP contribution in [0.25, 0.3) is 0 Å². The minimum Gasteiger partial charge on any atom is -0.303 e. The van der Waals surface area contributed by atoms with Crippen LogP contribution in [0, 0.1) is 6.92 Å². The van der Waals surface area contributed by atoms with E-state index in [1.807, 2.05) is 6.92 Å². The molecule has 0 amide bonds. The van der Waals surface area contributed by atoms with E-state index in [1.54, 1.807) is 6.07 Å². The average Bonchev–Trinajstić information content (AvgIpc) is 2.07. The highest BCUT2D eigenvalue weighted by molar-refractivity contribution is 4.96. The third-order valence-electron chi connectivity index (χ3n) is 1.42. The van der Waals surface area contributed by atoms with Crippen molar-refractivity contribution >= 4 is 0 Å². The summed E-state index contributed by atoms with van der Waals surface area (Å²) in [5.74, 6) is 4.82. The van der Waals surface area contributed by atoms with Gasteiger partial charge in [0, 0.05) is 6.07 Å². The van der Waals surface area contributed by atoms with E-state index >= 15 is 0 Å². The lowest BCUT2D eigenvalue weighted by molar-refractivity contribution is 0.125. The van der Waals surface area contributed by atoms with Crippen LogP contribution in [-0.2, 0) is 11.4 Å². The van der Waals surface area contributed by atoms with E-state index in [9.17, 15) is 4.79 Å². The summed E-state index contributed by atoms with van der Waals surface area (Å²) in [6, 6.07) is 3.14. The highest BCUT2D eigenvalue weighted by Gasteiger charge is 1.95. The number of hydrogen-bond acceptors (Lipinski definition) is 4. The van der Waals surface area contributed by atoms with Crippen molar-refractivity contribution in [3.8, 4) is 0 Å².